The third-order valence-corrected chi connectivity index (χ3v) is 3.52. The van der Waals surface area contributed by atoms with E-state index in [2.05, 4.69) is 13.0 Å². The molecule has 0 aliphatic carbocycles. The van der Waals surface area contributed by atoms with Gasteiger partial charge in [-0.1, -0.05) is 25.1 Å². The fraction of sp³-hybridized carbons (Fsp3) is 0.417. The van der Waals surface area contributed by atoms with Crippen molar-refractivity contribution in [2.24, 2.45) is 5.92 Å². The van der Waals surface area contributed by atoms with Crippen LogP contribution in [0, 0.1) is 5.92 Å². The van der Waals surface area contributed by atoms with Crippen LogP contribution in [0.3, 0.4) is 0 Å². The highest BCUT2D eigenvalue weighted by molar-refractivity contribution is 7.98. The molecule has 1 aromatic rings. The molecule has 0 amide bonds. The number of thioether (sulfide) groups is 1. The Labute approximate surface area is 94.0 Å². The van der Waals surface area contributed by atoms with Crippen molar-refractivity contribution in [3.63, 3.8) is 0 Å². The largest absolute Gasteiger partial charge is 0.457 e. The van der Waals surface area contributed by atoms with Gasteiger partial charge in [0.25, 0.3) is 0 Å². The Hall–Kier alpha value is -0.960. The van der Waals surface area contributed by atoms with Gasteiger partial charge in [0.1, 0.15) is 6.10 Å². The number of carbonyl (C=O) groups excluding carboxylic acids is 1. The van der Waals surface area contributed by atoms with E-state index in [1.54, 1.807) is 11.8 Å². The summed E-state index contributed by atoms with van der Waals surface area (Å²) in [5.74, 6) is 0.203. The second kappa shape index (κ2) is 4.27. The van der Waals surface area contributed by atoms with Crippen molar-refractivity contribution >= 4 is 17.7 Å². The zero-order valence-electron chi connectivity index (χ0n) is 8.90. The molecule has 1 heterocycles. The molecule has 0 saturated carbocycles. The van der Waals surface area contributed by atoms with Crippen molar-refractivity contribution in [1.82, 2.24) is 0 Å². The molecule has 0 N–H and O–H groups in total. The average Bonchev–Trinajstić information content (AvgIpc) is 2.57. The maximum absolute atomic E-state index is 11.2. The second-order valence-corrected chi connectivity index (χ2v) is 4.68. The molecular weight excluding hydrogens is 208 g/mol. The topological polar surface area (TPSA) is 26.3 Å². The summed E-state index contributed by atoms with van der Waals surface area (Å²) in [6.45, 7) is 2.06. The molecule has 15 heavy (non-hydrogen) atoms. The smallest absolute Gasteiger partial charge is 0.306 e. The molecule has 2 nitrogen and oxygen atoms in total. The lowest BCUT2D eigenvalue weighted by atomic mass is 9.97. The molecule has 0 bridgehead atoms. The minimum atomic E-state index is -0.0802. The van der Waals surface area contributed by atoms with Gasteiger partial charge in [0.2, 0.25) is 0 Å². The minimum Gasteiger partial charge on any atom is -0.457 e. The van der Waals surface area contributed by atoms with Gasteiger partial charge in [-0.15, -0.1) is 11.8 Å². The van der Waals surface area contributed by atoms with Crippen LogP contribution in [0.1, 0.15) is 25.0 Å². The Morgan fingerprint density at radius 1 is 1.40 bits per heavy atom. The normalized spacial score (nSPS) is 25.3. The number of carbonyl (C=O) groups is 1. The zero-order valence-corrected chi connectivity index (χ0v) is 9.71. The predicted octanol–water partition coefficient (Wildman–Crippen LogP) is 3.03. The van der Waals surface area contributed by atoms with E-state index in [4.69, 9.17) is 4.74 Å². The molecule has 0 aromatic heterocycles. The lowest BCUT2D eigenvalue weighted by Crippen LogP contribution is -2.05. The summed E-state index contributed by atoms with van der Waals surface area (Å²) in [5.41, 5.74) is 1.14. The van der Waals surface area contributed by atoms with Crippen molar-refractivity contribution in [1.29, 1.82) is 0 Å². The first-order chi connectivity index (χ1) is 7.22. The number of esters is 1. The van der Waals surface area contributed by atoms with Gasteiger partial charge in [-0.05, 0) is 12.3 Å². The Morgan fingerprint density at radius 3 is 2.73 bits per heavy atom. The monoisotopic (exact) mass is 222 g/mol. The summed E-state index contributed by atoms with van der Waals surface area (Å²) in [5, 5.41) is 0. The highest BCUT2D eigenvalue weighted by atomic mass is 32.2. The van der Waals surface area contributed by atoms with Crippen LogP contribution in [0.15, 0.2) is 29.2 Å². The summed E-state index contributed by atoms with van der Waals surface area (Å²) < 4.78 is 5.35. The number of cyclic esters (lactones) is 1. The van der Waals surface area contributed by atoms with Gasteiger partial charge in [0.15, 0.2) is 0 Å². The maximum Gasteiger partial charge on any atom is 0.306 e. The van der Waals surface area contributed by atoms with E-state index < -0.39 is 0 Å². The molecule has 1 saturated heterocycles. The Bertz CT molecular complexity index is 376. The minimum absolute atomic E-state index is 0.0545. The quantitative estimate of drug-likeness (QED) is 0.568. The van der Waals surface area contributed by atoms with Crippen LogP contribution in [0.5, 0.6) is 0 Å². The number of rotatable bonds is 2. The number of ether oxygens (including phenoxy) is 1. The SMILES string of the molecule is CSc1ccccc1[C@H]1OC(=O)C[C@@H]1C. The van der Waals surface area contributed by atoms with Gasteiger partial charge in [0, 0.05) is 16.4 Å². The lowest BCUT2D eigenvalue weighted by molar-refractivity contribution is -0.141. The van der Waals surface area contributed by atoms with Gasteiger partial charge in [-0.25, -0.2) is 0 Å². The van der Waals surface area contributed by atoms with Crippen LogP contribution in [0.2, 0.25) is 0 Å². The molecule has 1 fully saturated rings. The van der Waals surface area contributed by atoms with E-state index in [0.717, 1.165) is 5.56 Å². The molecular formula is C12H14O2S. The van der Waals surface area contributed by atoms with Gasteiger partial charge in [-0.3, -0.25) is 4.79 Å². The summed E-state index contributed by atoms with van der Waals surface area (Å²) >= 11 is 1.69. The maximum atomic E-state index is 11.2. The molecule has 0 spiro atoms. The molecule has 0 radical (unpaired) electrons. The highest BCUT2D eigenvalue weighted by Crippen LogP contribution is 2.38. The first-order valence-corrected chi connectivity index (χ1v) is 6.27. The van der Waals surface area contributed by atoms with Crippen molar-refractivity contribution < 1.29 is 9.53 Å². The van der Waals surface area contributed by atoms with Gasteiger partial charge in [-0.2, -0.15) is 0 Å². The molecule has 1 aromatic carbocycles. The summed E-state index contributed by atoms with van der Waals surface area (Å²) in [4.78, 5) is 12.4. The van der Waals surface area contributed by atoms with Gasteiger partial charge < -0.3 is 4.74 Å². The van der Waals surface area contributed by atoms with Crippen molar-refractivity contribution in [2.75, 3.05) is 6.26 Å². The molecule has 2 rings (SSSR count). The Morgan fingerprint density at radius 2 is 2.13 bits per heavy atom. The second-order valence-electron chi connectivity index (χ2n) is 3.83. The molecule has 1 aliphatic rings. The van der Waals surface area contributed by atoms with Crippen LogP contribution >= 0.6 is 11.8 Å². The third-order valence-electron chi connectivity index (χ3n) is 2.71. The highest BCUT2D eigenvalue weighted by Gasteiger charge is 2.33. The predicted molar refractivity (Wildman–Crippen MR) is 60.8 cm³/mol. The number of benzene rings is 1. The van der Waals surface area contributed by atoms with Gasteiger partial charge >= 0.3 is 5.97 Å². The van der Waals surface area contributed by atoms with E-state index in [1.807, 2.05) is 24.5 Å². The number of hydrogen-bond donors (Lipinski definition) is 0. The van der Waals surface area contributed by atoms with Crippen LogP contribution < -0.4 is 0 Å². The first kappa shape index (κ1) is 10.6. The third kappa shape index (κ3) is 2.02. The fourth-order valence-electron chi connectivity index (χ4n) is 1.95. The van der Waals surface area contributed by atoms with Crippen LogP contribution in [0.4, 0.5) is 0 Å². The van der Waals surface area contributed by atoms with E-state index in [9.17, 15) is 4.79 Å². The molecule has 2 atom stereocenters. The Kier molecular flexibility index (Phi) is 3.00. The van der Waals surface area contributed by atoms with Crippen LogP contribution in [-0.4, -0.2) is 12.2 Å². The van der Waals surface area contributed by atoms with E-state index in [0.29, 0.717) is 6.42 Å². The number of hydrogen-bond acceptors (Lipinski definition) is 3. The van der Waals surface area contributed by atoms with Gasteiger partial charge in [0.05, 0.1) is 6.42 Å². The molecule has 1 aliphatic heterocycles. The molecule has 0 unspecified atom stereocenters. The lowest BCUT2D eigenvalue weighted by Gasteiger charge is -2.16. The van der Waals surface area contributed by atoms with E-state index in [-0.39, 0.29) is 18.0 Å². The average molecular weight is 222 g/mol. The van der Waals surface area contributed by atoms with Crippen LogP contribution in [-0.2, 0) is 9.53 Å². The molecule has 80 valence electrons. The zero-order chi connectivity index (χ0) is 10.8. The summed E-state index contributed by atoms with van der Waals surface area (Å²) in [6.07, 6.45) is 2.52. The first-order valence-electron chi connectivity index (χ1n) is 5.04. The standard InChI is InChI=1S/C12H14O2S/c1-8-7-11(13)14-12(8)9-5-3-4-6-10(9)15-2/h3-6,8,12H,7H2,1-2H3/t8-,12-/m0/s1. The molecule has 3 heteroatoms. The fourth-order valence-corrected chi connectivity index (χ4v) is 2.58. The van der Waals surface area contributed by atoms with E-state index >= 15 is 0 Å². The Balaban J connectivity index is 2.32. The summed E-state index contributed by atoms with van der Waals surface area (Å²) in [6, 6.07) is 8.12. The van der Waals surface area contributed by atoms with Crippen molar-refractivity contribution in [3.8, 4) is 0 Å². The van der Waals surface area contributed by atoms with Crippen molar-refractivity contribution in [2.45, 2.75) is 24.3 Å². The van der Waals surface area contributed by atoms with E-state index in [1.165, 1.54) is 4.90 Å². The van der Waals surface area contributed by atoms with Crippen LogP contribution in [0.25, 0.3) is 0 Å². The van der Waals surface area contributed by atoms with Crippen molar-refractivity contribution in [3.05, 3.63) is 29.8 Å². The summed E-state index contributed by atoms with van der Waals surface area (Å²) in [7, 11) is 0.